The number of rotatable bonds is 18. The number of esters is 1. The average molecular weight is 801 g/mol. The molecular weight excluding hydrogens is 745 g/mol. The number of likely N-dealkylation sites (N-methyl/N-ethyl adjacent to an activating group) is 1. The number of hydrogen-bond donors (Lipinski definition) is 9. The molecule has 5 rings (SSSR count). The zero-order valence-electron chi connectivity index (χ0n) is 32.1. The van der Waals surface area contributed by atoms with Gasteiger partial charge in [0.1, 0.15) is 17.7 Å². The minimum atomic E-state index is -2.44. The summed E-state index contributed by atoms with van der Waals surface area (Å²) in [6.07, 6.45) is 10.3. The first-order valence-corrected chi connectivity index (χ1v) is 20.5. The van der Waals surface area contributed by atoms with Crippen molar-refractivity contribution in [2.75, 3.05) is 33.1 Å². The third-order valence-electron chi connectivity index (χ3n) is 11.7. The summed E-state index contributed by atoms with van der Waals surface area (Å²) in [5.41, 5.74) is 1.63. The van der Waals surface area contributed by atoms with Crippen LogP contribution in [0.25, 0.3) is 0 Å². The fourth-order valence-electron chi connectivity index (χ4n) is 8.85. The fourth-order valence-corrected chi connectivity index (χ4v) is 10.5. The summed E-state index contributed by atoms with van der Waals surface area (Å²) in [5.74, 6) is -5.27. The van der Waals surface area contributed by atoms with Crippen LogP contribution in [0.1, 0.15) is 82.6 Å². The van der Waals surface area contributed by atoms with Crippen molar-refractivity contribution < 1.29 is 49.1 Å². The van der Waals surface area contributed by atoms with Gasteiger partial charge in [-0.25, -0.2) is 9.59 Å². The van der Waals surface area contributed by atoms with Crippen molar-refractivity contribution in [2.24, 2.45) is 17.3 Å². The maximum Gasteiger partial charge on any atom is 0.353 e. The van der Waals surface area contributed by atoms with E-state index in [9.17, 15) is 44.4 Å². The molecule has 2 amide bonds. The second-order valence-corrected chi connectivity index (χ2v) is 16.5. The van der Waals surface area contributed by atoms with Gasteiger partial charge >= 0.3 is 17.9 Å². The Balaban J connectivity index is 1.50. The van der Waals surface area contributed by atoms with Crippen molar-refractivity contribution in [2.45, 2.75) is 107 Å². The van der Waals surface area contributed by atoms with Crippen LogP contribution >= 0.6 is 11.8 Å². The van der Waals surface area contributed by atoms with Crippen LogP contribution in [0.5, 0.6) is 0 Å². The second kappa shape index (κ2) is 19.5. The smallest absolute Gasteiger partial charge is 0.353 e. The molecule has 16 nitrogen and oxygen atoms in total. The van der Waals surface area contributed by atoms with E-state index in [0.29, 0.717) is 18.7 Å². The monoisotopic (exact) mass is 800 g/mol. The summed E-state index contributed by atoms with van der Waals surface area (Å²) < 4.78 is 6.43. The van der Waals surface area contributed by atoms with Crippen LogP contribution in [-0.2, 0) is 35.1 Å². The fraction of sp³-hybridized carbons (Fsp3) is 0.641. The Morgan fingerprint density at radius 1 is 1.02 bits per heavy atom. The van der Waals surface area contributed by atoms with Gasteiger partial charge < -0.3 is 46.4 Å². The van der Waals surface area contributed by atoms with Crippen molar-refractivity contribution in [1.82, 2.24) is 31.6 Å². The van der Waals surface area contributed by atoms with E-state index in [1.807, 2.05) is 24.5 Å². The zero-order valence-corrected chi connectivity index (χ0v) is 32.9. The molecule has 4 aliphatic rings. The third-order valence-corrected chi connectivity index (χ3v) is 13.2. The number of aromatic nitrogens is 1. The first-order chi connectivity index (χ1) is 26.8. The number of nitrogens with zero attached hydrogens (tertiary/aromatic N) is 1. The Bertz CT molecular complexity index is 1670. The number of carboxylic acid groups (broad SMARTS) is 2. The standard InChI is InChI=1S/C39H56N6O10S/c1-40-20-26-25(18-23-10-16-42-17-11-23)19-24-8-4-3-5-12-38(13-6-7-14-38)32(31-29(24)30(26)36(51)55-31)56-21-27(33(47)45-34(48)35(49)50)44-28(46)9-15-39(54,37(52)53)43-22-41-2/h10-11,16-17,24,27,30,32,34,40-41,43,48,54H,3-9,12-15,18-22H2,1-2H3,(H,44,46)(H,45,47)(H,49,50)(H,52,53)/t24-,27+,30-,32+,34+,39-/m1/s1. The van der Waals surface area contributed by atoms with Crippen LogP contribution < -0.4 is 26.6 Å². The summed E-state index contributed by atoms with van der Waals surface area (Å²) in [6, 6.07) is 2.61. The minimum Gasteiger partial charge on any atom is -0.478 e. The summed E-state index contributed by atoms with van der Waals surface area (Å²) in [7, 11) is 3.40. The van der Waals surface area contributed by atoms with Crippen molar-refractivity contribution >= 4 is 41.5 Å². The first kappa shape index (κ1) is 43.3. The van der Waals surface area contributed by atoms with Gasteiger partial charge in [0.2, 0.25) is 23.8 Å². The maximum atomic E-state index is 14.2. The number of carbonyl (C=O) groups excluding carboxylic acids is 3. The Kier molecular flexibility index (Phi) is 15.1. The van der Waals surface area contributed by atoms with Gasteiger partial charge in [-0.15, -0.1) is 11.8 Å². The summed E-state index contributed by atoms with van der Waals surface area (Å²) in [5, 5.41) is 52.2. The molecule has 1 aromatic heterocycles. The van der Waals surface area contributed by atoms with Gasteiger partial charge in [-0.3, -0.25) is 24.7 Å². The second-order valence-electron chi connectivity index (χ2n) is 15.4. The van der Waals surface area contributed by atoms with Crippen LogP contribution in [0.2, 0.25) is 0 Å². The van der Waals surface area contributed by atoms with Gasteiger partial charge in [0.05, 0.1) is 5.25 Å². The molecule has 0 unspecified atom stereocenters. The molecule has 17 heteroatoms. The van der Waals surface area contributed by atoms with E-state index in [1.54, 1.807) is 19.4 Å². The molecule has 56 heavy (non-hydrogen) atoms. The first-order valence-electron chi connectivity index (χ1n) is 19.5. The van der Waals surface area contributed by atoms with E-state index < -0.39 is 60.5 Å². The lowest BCUT2D eigenvalue weighted by Crippen LogP contribution is -2.56. The molecule has 0 saturated heterocycles. The van der Waals surface area contributed by atoms with Crippen molar-refractivity contribution in [1.29, 1.82) is 0 Å². The van der Waals surface area contributed by atoms with E-state index >= 15 is 0 Å². The van der Waals surface area contributed by atoms with E-state index in [0.717, 1.165) is 80.9 Å². The molecule has 1 aromatic rings. The van der Waals surface area contributed by atoms with E-state index in [2.05, 4.69) is 26.3 Å². The minimum absolute atomic E-state index is 0.0626. The van der Waals surface area contributed by atoms with Crippen LogP contribution in [0.3, 0.4) is 0 Å². The summed E-state index contributed by atoms with van der Waals surface area (Å²) >= 11 is 1.38. The number of hydrogen-bond acceptors (Lipinski definition) is 13. The number of carbonyl (C=O) groups is 5. The number of aliphatic carboxylic acids is 2. The SMILES string of the molecule is CNCN[C@@](O)(CCC(=O)N[C@@H](CS[C@H]1C2=C3[C@H](CCCCCC14CCCC4)CC(Cc1ccncc1)=C(CNC)[C@H]3C(=O)O2)C(=O)N[C@@H](O)C(=O)O)C(=O)O. The molecule has 1 saturated carbocycles. The summed E-state index contributed by atoms with van der Waals surface area (Å²) in [6.45, 7) is 0.443. The van der Waals surface area contributed by atoms with Crippen LogP contribution in [0.4, 0.5) is 0 Å². The quantitative estimate of drug-likeness (QED) is 0.0581. The number of ether oxygens (including phenoxy) is 1. The Morgan fingerprint density at radius 3 is 2.36 bits per heavy atom. The Morgan fingerprint density at radius 2 is 1.71 bits per heavy atom. The lowest BCUT2D eigenvalue weighted by atomic mass is 9.67. The van der Waals surface area contributed by atoms with Crippen LogP contribution in [-0.4, -0.2) is 111 Å². The molecule has 1 aliphatic heterocycles. The summed E-state index contributed by atoms with van der Waals surface area (Å²) in [4.78, 5) is 68.5. The van der Waals surface area contributed by atoms with Crippen LogP contribution in [0, 0.1) is 17.3 Å². The van der Waals surface area contributed by atoms with Gasteiger partial charge in [0.15, 0.2) is 0 Å². The number of thioether (sulfide) groups is 1. The highest BCUT2D eigenvalue weighted by atomic mass is 32.2. The molecule has 6 atom stereocenters. The van der Waals surface area contributed by atoms with E-state index in [-0.39, 0.29) is 35.0 Å². The number of aliphatic hydroxyl groups is 2. The Hall–Kier alpha value is -3.87. The molecule has 0 aromatic carbocycles. The molecule has 2 heterocycles. The Labute approximate surface area is 331 Å². The molecule has 3 aliphatic carbocycles. The molecule has 9 N–H and O–H groups in total. The van der Waals surface area contributed by atoms with Gasteiger partial charge in [0, 0.05) is 44.2 Å². The van der Waals surface area contributed by atoms with Crippen molar-refractivity contribution in [3.63, 3.8) is 0 Å². The number of carboxylic acids is 2. The van der Waals surface area contributed by atoms with E-state index in [1.165, 1.54) is 17.3 Å². The van der Waals surface area contributed by atoms with Gasteiger partial charge in [-0.1, -0.05) is 37.7 Å². The normalized spacial score (nSPS) is 24.1. The number of amides is 2. The number of pyridine rings is 1. The highest BCUT2D eigenvalue weighted by Gasteiger charge is 2.53. The van der Waals surface area contributed by atoms with E-state index in [4.69, 9.17) is 4.74 Å². The molecule has 1 spiro atoms. The highest BCUT2D eigenvalue weighted by molar-refractivity contribution is 8.00. The largest absolute Gasteiger partial charge is 0.478 e. The zero-order chi connectivity index (χ0) is 40.5. The topological polar surface area (TPSA) is 249 Å². The molecule has 0 radical (unpaired) electrons. The van der Waals surface area contributed by atoms with Crippen molar-refractivity contribution in [3.05, 3.63) is 52.6 Å². The maximum absolute atomic E-state index is 14.2. The number of nitrogens with one attached hydrogen (secondary N) is 5. The van der Waals surface area contributed by atoms with Crippen molar-refractivity contribution in [3.8, 4) is 0 Å². The lowest BCUT2D eigenvalue weighted by Gasteiger charge is -2.40. The number of aliphatic hydroxyl groups excluding tert-OH is 1. The third kappa shape index (κ3) is 10.2. The molecular formula is C39H56N6O10S. The average Bonchev–Trinajstić information content (AvgIpc) is 3.79. The van der Waals surface area contributed by atoms with Gasteiger partial charge in [-0.2, -0.15) is 0 Å². The molecule has 0 bridgehead atoms. The lowest BCUT2D eigenvalue weighted by molar-refractivity contribution is -0.164. The van der Waals surface area contributed by atoms with Gasteiger partial charge in [0.25, 0.3) is 0 Å². The molecule has 308 valence electrons. The predicted molar refractivity (Wildman–Crippen MR) is 206 cm³/mol. The van der Waals surface area contributed by atoms with Gasteiger partial charge in [-0.05, 0) is 92.8 Å². The van der Waals surface area contributed by atoms with Crippen LogP contribution in [0.15, 0.2) is 47.0 Å². The number of allylic oxidation sites excluding steroid dienone is 1. The highest BCUT2D eigenvalue weighted by Crippen LogP contribution is 2.57. The predicted octanol–water partition coefficient (Wildman–Crippen LogP) is 1.54. The molecule has 1 fully saturated rings.